The summed E-state index contributed by atoms with van der Waals surface area (Å²) in [4.78, 5) is 0. The summed E-state index contributed by atoms with van der Waals surface area (Å²) < 4.78 is 5.35. The van der Waals surface area contributed by atoms with Crippen molar-refractivity contribution in [3.63, 3.8) is 0 Å². The molecular weight excluding hydrogens is 533 g/mol. The number of rotatable bonds is 2. The third kappa shape index (κ3) is 3.09. The number of fused-ring (bicyclic) bond motifs is 8. The van der Waals surface area contributed by atoms with Gasteiger partial charge in [0.1, 0.15) is 0 Å². The Morgan fingerprint density at radius 1 is 0.512 bits per heavy atom. The molecule has 7 aromatic carbocycles. The van der Waals surface area contributed by atoms with Gasteiger partial charge in [0.2, 0.25) is 0 Å². The van der Waals surface area contributed by atoms with Gasteiger partial charge in [-0.05, 0) is 56.8 Å². The quantitative estimate of drug-likeness (QED) is 0.147. The maximum atomic E-state index is 4.23. The molecule has 2 heteroatoms. The zero-order valence-electron chi connectivity index (χ0n) is 22.5. The van der Waals surface area contributed by atoms with E-state index in [0.717, 1.165) is 0 Å². The molecule has 0 atom stereocenters. The molecule has 0 saturated heterocycles. The highest BCUT2D eigenvalue weighted by Gasteiger charge is 2.22. The van der Waals surface area contributed by atoms with Crippen LogP contribution in [0.5, 0.6) is 0 Å². The molecule has 2 aromatic heterocycles. The maximum Gasteiger partial charge on any atom is 0.0440 e. The average Bonchev–Trinajstić information content (AvgIpc) is 3.02. The van der Waals surface area contributed by atoms with Crippen LogP contribution in [0.15, 0.2) is 116 Å². The summed E-state index contributed by atoms with van der Waals surface area (Å²) in [5, 5.41) is 13.4. The molecule has 0 unspecified atom stereocenters. The summed E-state index contributed by atoms with van der Waals surface area (Å²) in [6.45, 7) is 6.43. The van der Waals surface area contributed by atoms with Crippen molar-refractivity contribution in [3.8, 4) is 11.1 Å². The normalized spacial score (nSPS) is 12.1. The summed E-state index contributed by atoms with van der Waals surface area (Å²) in [7, 11) is 0. The van der Waals surface area contributed by atoms with E-state index < -0.39 is 0 Å². The van der Waals surface area contributed by atoms with E-state index in [0.29, 0.717) is 0 Å². The molecule has 192 valence electrons. The van der Waals surface area contributed by atoms with E-state index in [9.17, 15) is 0 Å². The van der Waals surface area contributed by atoms with E-state index in [2.05, 4.69) is 123 Å². The van der Waals surface area contributed by atoms with E-state index in [4.69, 9.17) is 0 Å². The smallest absolute Gasteiger partial charge is 0.0440 e. The van der Waals surface area contributed by atoms with Gasteiger partial charge in [0.15, 0.2) is 0 Å². The van der Waals surface area contributed by atoms with Crippen LogP contribution in [0, 0.1) is 6.92 Å². The molecule has 0 aliphatic rings. The van der Waals surface area contributed by atoms with Crippen LogP contribution in [0.3, 0.4) is 0 Å². The molecule has 2 heterocycles. The Hall–Kier alpha value is -4.50. The largest absolute Gasteiger partial charge is 0.135 e. The number of hydrogen-bond donors (Lipinski definition) is 0. The maximum absolute atomic E-state index is 4.23. The Kier molecular flexibility index (Phi) is 4.82. The minimum Gasteiger partial charge on any atom is -0.135 e. The summed E-state index contributed by atoms with van der Waals surface area (Å²) in [5.74, 6) is 0. The first-order chi connectivity index (χ1) is 20.2. The molecule has 0 bridgehead atoms. The molecule has 0 aliphatic carbocycles. The van der Waals surface area contributed by atoms with Crippen molar-refractivity contribution in [1.29, 1.82) is 0 Å². The summed E-state index contributed by atoms with van der Waals surface area (Å²) in [5.41, 5.74) is 5.05. The van der Waals surface area contributed by atoms with E-state index in [1.807, 2.05) is 28.7 Å². The van der Waals surface area contributed by atoms with Gasteiger partial charge in [-0.3, -0.25) is 0 Å². The van der Waals surface area contributed by atoms with Crippen molar-refractivity contribution < 1.29 is 0 Å². The molecule has 0 fully saturated rings. The van der Waals surface area contributed by atoms with E-state index >= 15 is 0 Å². The molecule has 0 nitrogen and oxygen atoms in total. The topological polar surface area (TPSA) is 0 Å². The molecule has 0 aliphatic heterocycles. The minimum absolute atomic E-state index is 1.24. The van der Waals surface area contributed by atoms with Crippen LogP contribution < -0.4 is 0 Å². The number of benzene rings is 7. The Morgan fingerprint density at radius 2 is 1.22 bits per heavy atom. The Balaban J connectivity index is 1.63. The predicted octanol–water partition coefficient (Wildman–Crippen LogP) is 12.5. The lowest BCUT2D eigenvalue weighted by Gasteiger charge is -2.20. The van der Waals surface area contributed by atoms with Crippen LogP contribution in [0.25, 0.3) is 89.9 Å². The predicted molar refractivity (Wildman–Crippen MR) is 185 cm³/mol. The standard InChI is InChI=1S/C39H24S2/c1-3-25-22(2)16-18-30-34-28-14-9-15-32-35(28)33(31-19-17-24-12-7-8-13-26(24)38(31)40-32)29-21-20-27(23-10-5-4-6-11-23)39(36(29)34)41-37(25)30/h3-21H,1H2,2H3. The molecule has 9 aromatic rings. The zero-order chi connectivity index (χ0) is 27.2. The van der Waals surface area contributed by atoms with Gasteiger partial charge in [-0.1, -0.05) is 116 Å². The first-order valence-electron chi connectivity index (χ1n) is 14.0. The Bertz CT molecular complexity index is 2540. The van der Waals surface area contributed by atoms with Gasteiger partial charge < -0.3 is 0 Å². The number of aryl methyl sites for hydroxylation is 1. The van der Waals surface area contributed by atoms with Gasteiger partial charge in [-0.25, -0.2) is 0 Å². The van der Waals surface area contributed by atoms with Gasteiger partial charge in [-0.15, -0.1) is 22.7 Å². The molecule has 0 N–H and O–H groups in total. The highest BCUT2D eigenvalue weighted by atomic mass is 32.1. The lowest BCUT2D eigenvalue weighted by Crippen LogP contribution is -1.92. The lowest BCUT2D eigenvalue weighted by molar-refractivity contribution is 1.49. The molecule has 0 spiro atoms. The summed E-state index contributed by atoms with van der Waals surface area (Å²) >= 11 is 3.84. The molecule has 9 rings (SSSR count). The van der Waals surface area contributed by atoms with Crippen molar-refractivity contribution in [3.05, 3.63) is 127 Å². The fourth-order valence-electron chi connectivity index (χ4n) is 6.92. The van der Waals surface area contributed by atoms with Gasteiger partial charge in [-0.2, -0.15) is 0 Å². The lowest BCUT2D eigenvalue weighted by atomic mass is 9.89. The van der Waals surface area contributed by atoms with Crippen molar-refractivity contribution in [2.24, 2.45) is 0 Å². The first kappa shape index (κ1) is 23.2. The monoisotopic (exact) mass is 556 g/mol. The fraction of sp³-hybridized carbons (Fsp3) is 0.0256. The summed E-state index contributed by atoms with van der Waals surface area (Å²) in [6.07, 6.45) is 2.04. The van der Waals surface area contributed by atoms with Gasteiger partial charge in [0.25, 0.3) is 0 Å². The van der Waals surface area contributed by atoms with Gasteiger partial charge >= 0.3 is 0 Å². The molecule has 0 radical (unpaired) electrons. The Morgan fingerprint density at radius 3 is 2.10 bits per heavy atom. The van der Waals surface area contributed by atoms with E-state index in [1.54, 1.807) is 0 Å². The van der Waals surface area contributed by atoms with Crippen molar-refractivity contribution in [2.45, 2.75) is 6.92 Å². The van der Waals surface area contributed by atoms with E-state index in [1.165, 1.54) is 94.9 Å². The van der Waals surface area contributed by atoms with Crippen LogP contribution in [0.4, 0.5) is 0 Å². The fourth-order valence-corrected chi connectivity index (χ4v) is 9.63. The van der Waals surface area contributed by atoms with Crippen LogP contribution in [0.1, 0.15) is 11.1 Å². The minimum atomic E-state index is 1.24. The van der Waals surface area contributed by atoms with Crippen LogP contribution in [-0.2, 0) is 0 Å². The second-order valence-electron chi connectivity index (χ2n) is 10.9. The van der Waals surface area contributed by atoms with E-state index in [-0.39, 0.29) is 0 Å². The van der Waals surface area contributed by atoms with Crippen molar-refractivity contribution >= 4 is 101 Å². The van der Waals surface area contributed by atoms with Crippen LogP contribution in [-0.4, -0.2) is 0 Å². The molecule has 41 heavy (non-hydrogen) atoms. The van der Waals surface area contributed by atoms with Gasteiger partial charge in [0.05, 0.1) is 0 Å². The molecule has 0 amide bonds. The molecule has 0 saturated carbocycles. The van der Waals surface area contributed by atoms with Crippen LogP contribution in [0.2, 0.25) is 0 Å². The van der Waals surface area contributed by atoms with Crippen molar-refractivity contribution in [2.75, 3.05) is 0 Å². The molecular formula is C39H24S2. The Labute approximate surface area is 245 Å². The highest BCUT2D eigenvalue weighted by molar-refractivity contribution is 7.26. The van der Waals surface area contributed by atoms with Crippen LogP contribution >= 0.6 is 22.7 Å². The van der Waals surface area contributed by atoms with Gasteiger partial charge in [0, 0.05) is 51.1 Å². The van der Waals surface area contributed by atoms with Crippen molar-refractivity contribution in [1.82, 2.24) is 0 Å². The third-order valence-electron chi connectivity index (χ3n) is 8.76. The zero-order valence-corrected chi connectivity index (χ0v) is 24.1. The summed E-state index contributed by atoms with van der Waals surface area (Å²) in [6, 6.07) is 40.5. The second kappa shape index (κ2) is 8.50. The average molecular weight is 557 g/mol. The third-order valence-corrected chi connectivity index (χ3v) is 11.2. The number of hydrogen-bond acceptors (Lipinski definition) is 2. The second-order valence-corrected chi connectivity index (χ2v) is 13.0. The SMILES string of the molecule is C=Cc1c(C)ccc2c1sc1c(-c3ccccc3)ccc3c1c2c1cccc2sc4c5ccccc5ccc4c3c21. The first-order valence-corrected chi connectivity index (χ1v) is 15.6. The highest BCUT2D eigenvalue weighted by Crippen LogP contribution is 2.51.